The van der Waals surface area contributed by atoms with Crippen molar-refractivity contribution in [1.29, 1.82) is 0 Å². The lowest BCUT2D eigenvalue weighted by atomic mass is 9.44. The maximum absolute atomic E-state index is 13.5. The maximum Gasteiger partial charge on any atom is 0.316 e. The highest BCUT2D eigenvalue weighted by atomic mass is 32.2. The van der Waals surface area contributed by atoms with Gasteiger partial charge in [0.1, 0.15) is 18.5 Å². The molecule has 3 saturated carbocycles. The van der Waals surface area contributed by atoms with Gasteiger partial charge in [0.2, 0.25) is 0 Å². The zero-order valence-electron chi connectivity index (χ0n) is 23.3. The van der Waals surface area contributed by atoms with Gasteiger partial charge in [-0.25, -0.2) is 0 Å². The summed E-state index contributed by atoms with van der Waals surface area (Å²) in [6.07, 6.45) is 9.23. The van der Waals surface area contributed by atoms with Gasteiger partial charge in [-0.15, -0.1) is 18.3 Å². The number of ether oxygens (including phenoxy) is 1. The molecule has 3 fully saturated rings. The van der Waals surface area contributed by atoms with Gasteiger partial charge in [0.05, 0.1) is 18.1 Å². The molecular weight excluding hydrogens is 500 g/mol. The number of carbonyl (C=O) groups is 2. The maximum atomic E-state index is 13.5. The minimum absolute atomic E-state index is 0.0491. The first-order chi connectivity index (χ1) is 18.0. The number of pyridine rings is 1. The number of esters is 1. The highest BCUT2D eigenvalue weighted by Crippen LogP contribution is 2.68. The van der Waals surface area contributed by atoms with Crippen LogP contribution in [0.15, 0.2) is 41.2 Å². The molecule has 8 heteroatoms. The lowest BCUT2D eigenvalue weighted by molar-refractivity contribution is -0.205. The van der Waals surface area contributed by atoms with Gasteiger partial charge >= 0.3 is 5.97 Å². The van der Waals surface area contributed by atoms with E-state index in [1.165, 1.54) is 11.8 Å². The fourth-order valence-corrected chi connectivity index (χ4v) is 8.30. The van der Waals surface area contributed by atoms with Gasteiger partial charge in [0, 0.05) is 46.0 Å². The third-order valence-corrected chi connectivity index (χ3v) is 11.0. The second kappa shape index (κ2) is 11.1. The van der Waals surface area contributed by atoms with Crippen molar-refractivity contribution in [2.75, 3.05) is 12.4 Å². The number of aromatic nitrogens is 1. The molecule has 2 bridgehead atoms. The van der Waals surface area contributed by atoms with E-state index >= 15 is 0 Å². The van der Waals surface area contributed by atoms with E-state index < -0.39 is 23.0 Å². The van der Waals surface area contributed by atoms with E-state index in [2.05, 4.69) is 37.5 Å². The lowest BCUT2D eigenvalue weighted by Crippen LogP contribution is -2.63. The number of oxime groups is 1. The Morgan fingerprint density at radius 2 is 2.08 bits per heavy atom. The van der Waals surface area contributed by atoms with Crippen LogP contribution in [-0.2, 0) is 19.2 Å². The molecule has 0 spiro atoms. The van der Waals surface area contributed by atoms with Crippen LogP contribution in [0.3, 0.4) is 0 Å². The molecule has 0 saturated heterocycles. The zero-order chi connectivity index (χ0) is 27.7. The third kappa shape index (κ3) is 4.94. The summed E-state index contributed by atoms with van der Waals surface area (Å²) in [5, 5.41) is 15.5. The first-order valence-corrected chi connectivity index (χ1v) is 14.8. The van der Waals surface area contributed by atoms with Gasteiger partial charge in [-0.2, -0.15) is 0 Å². The summed E-state index contributed by atoms with van der Waals surface area (Å²) in [7, 11) is 0. The van der Waals surface area contributed by atoms with Crippen molar-refractivity contribution in [3.05, 3.63) is 36.7 Å². The summed E-state index contributed by atoms with van der Waals surface area (Å²) in [5.41, 5.74) is -0.655. The van der Waals surface area contributed by atoms with Crippen molar-refractivity contribution in [1.82, 2.24) is 4.98 Å². The van der Waals surface area contributed by atoms with Crippen LogP contribution >= 0.6 is 11.8 Å². The first kappa shape index (κ1) is 28.8. The topological polar surface area (TPSA) is 98.1 Å². The van der Waals surface area contributed by atoms with Crippen molar-refractivity contribution in [2.24, 2.45) is 39.2 Å². The van der Waals surface area contributed by atoms with Gasteiger partial charge in [-0.05, 0) is 55.9 Å². The van der Waals surface area contributed by atoms with Crippen molar-refractivity contribution in [2.45, 2.75) is 83.8 Å². The fourth-order valence-electron chi connectivity index (χ4n) is 7.59. The second-order valence-corrected chi connectivity index (χ2v) is 13.0. The third-order valence-electron chi connectivity index (χ3n) is 10.1. The van der Waals surface area contributed by atoms with Crippen molar-refractivity contribution < 1.29 is 24.3 Å². The molecule has 0 aliphatic heterocycles. The molecular formula is C30H42N2O5S. The van der Waals surface area contributed by atoms with Crippen molar-refractivity contribution in [3.8, 4) is 0 Å². The van der Waals surface area contributed by atoms with Crippen LogP contribution in [0.25, 0.3) is 0 Å². The molecule has 1 unspecified atom stereocenters. The van der Waals surface area contributed by atoms with Crippen LogP contribution in [-0.4, -0.2) is 52.6 Å². The number of carbonyl (C=O) groups excluding carboxylic acids is 2. The molecule has 1 heterocycles. The molecule has 1 aromatic heterocycles. The minimum Gasteiger partial charge on any atom is -0.461 e. The Morgan fingerprint density at radius 3 is 2.79 bits per heavy atom. The Hall–Kier alpha value is -2.19. The Morgan fingerprint density at radius 1 is 1.32 bits per heavy atom. The van der Waals surface area contributed by atoms with E-state index in [0.29, 0.717) is 19.4 Å². The summed E-state index contributed by atoms with van der Waals surface area (Å²) in [5.74, 6) is -0.0384. The number of thioether (sulfide) groups is 1. The normalized spacial score (nSPS) is 38.8. The molecule has 3 aliphatic rings. The van der Waals surface area contributed by atoms with Gasteiger partial charge < -0.3 is 14.7 Å². The fraction of sp³-hybridized carbons (Fsp3) is 0.667. The molecule has 3 aliphatic carbocycles. The summed E-state index contributed by atoms with van der Waals surface area (Å²) < 4.78 is 6.31. The van der Waals surface area contributed by atoms with E-state index in [1.807, 2.05) is 26.0 Å². The first-order valence-electron chi connectivity index (χ1n) is 13.8. The molecule has 1 N–H and O–H groups in total. The number of ketones is 1. The second-order valence-electron chi connectivity index (χ2n) is 12.0. The Bertz CT molecular complexity index is 1090. The predicted molar refractivity (Wildman–Crippen MR) is 149 cm³/mol. The molecule has 4 rings (SSSR count). The average molecular weight is 543 g/mol. The number of rotatable bonds is 8. The van der Waals surface area contributed by atoms with Crippen LogP contribution in [0.1, 0.15) is 72.3 Å². The summed E-state index contributed by atoms with van der Waals surface area (Å²) >= 11 is 1.35. The van der Waals surface area contributed by atoms with Crippen LogP contribution in [0.4, 0.5) is 0 Å². The largest absolute Gasteiger partial charge is 0.461 e. The number of nitrogens with zero attached hydrogens (tertiary/aromatic N) is 2. The molecule has 208 valence electrons. The van der Waals surface area contributed by atoms with E-state index in [-0.39, 0.29) is 40.7 Å². The van der Waals surface area contributed by atoms with Gasteiger partial charge in [-0.3, -0.25) is 14.6 Å². The van der Waals surface area contributed by atoms with Crippen LogP contribution in [0, 0.1) is 34.0 Å². The van der Waals surface area contributed by atoms with Crippen LogP contribution in [0.5, 0.6) is 0 Å². The van der Waals surface area contributed by atoms with E-state index in [1.54, 1.807) is 18.6 Å². The highest BCUT2D eigenvalue weighted by Gasteiger charge is 2.68. The van der Waals surface area contributed by atoms with Gasteiger partial charge in [0.15, 0.2) is 0 Å². The molecule has 8 atom stereocenters. The molecule has 1 aromatic rings. The predicted octanol–water partition coefficient (Wildman–Crippen LogP) is 5.45. The number of hydrogen-bond acceptors (Lipinski definition) is 8. The minimum atomic E-state index is -0.672. The van der Waals surface area contributed by atoms with Crippen molar-refractivity contribution in [3.63, 3.8) is 0 Å². The molecule has 7 nitrogen and oxygen atoms in total. The van der Waals surface area contributed by atoms with E-state index in [9.17, 15) is 14.7 Å². The lowest BCUT2D eigenvalue weighted by Gasteiger charge is -2.61. The molecule has 0 radical (unpaired) electrons. The number of Topliss-reactive ketones (excluding diaryl/α,β-unsaturated/α-hetero) is 1. The van der Waals surface area contributed by atoms with Gasteiger partial charge in [-0.1, -0.05) is 38.9 Å². The summed E-state index contributed by atoms with van der Waals surface area (Å²) in [6.45, 7) is 14.9. The summed E-state index contributed by atoms with van der Waals surface area (Å²) in [6, 6.07) is 1.89. The monoisotopic (exact) mass is 542 g/mol. The quantitative estimate of drug-likeness (QED) is 0.153. The number of hydrogen-bond donors (Lipinski definition) is 1. The van der Waals surface area contributed by atoms with Crippen LogP contribution in [0.2, 0.25) is 0 Å². The van der Waals surface area contributed by atoms with Crippen molar-refractivity contribution >= 4 is 29.7 Å². The zero-order valence-corrected chi connectivity index (χ0v) is 24.1. The molecule has 38 heavy (non-hydrogen) atoms. The van der Waals surface area contributed by atoms with E-state index in [4.69, 9.17) is 9.57 Å². The average Bonchev–Trinajstić information content (AvgIpc) is 3.26. The number of aliphatic hydroxyl groups is 1. The van der Waals surface area contributed by atoms with E-state index in [0.717, 1.165) is 29.7 Å². The Balaban J connectivity index is 1.60. The standard InChI is InChI=1S/C30H42N2O5S/c1-7-28(5)14-24(37-25(34)18-38-22-13-21(15-31-17-22)16-32-36-8-2)29(6)19(3)9-11-30(20(4)27(28)35)12-10-23(33)26(29)30/h7,13,15-17,19-20,24,26-27,35H,1,8-12,14,18H2,2-6H3/b32-16+/t19-,20+,24-,26?,27+,28-,29+,30+/m1/s1. The van der Waals surface area contributed by atoms with Gasteiger partial charge in [0.25, 0.3) is 0 Å². The highest BCUT2D eigenvalue weighted by molar-refractivity contribution is 8.00. The summed E-state index contributed by atoms with van der Waals surface area (Å²) in [4.78, 5) is 36.9. The van der Waals surface area contributed by atoms with Crippen LogP contribution < -0.4 is 0 Å². The Kier molecular flexibility index (Phi) is 8.43. The SMILES string of the molecule is C=C[C@]1(C)C[C@@H](OC(=O)CSc2cncc(/C=N/OCC)c2)[C@@]2(C)C3C(=O)CC[C@@]3(CC[C@H]2C)[C@@H](C)[C@@H]1O. The number of aliphatic hydroxyl groups excluding tert-OH is 1. The molecule has 0 aromatic carbocycles. The Labute approximate surface area is 230 Å². The smallest absolute Gasteiger partial charge is 0.316 e. The molecule has 0 amide bonds.